The van der Waals surface area contributed by atoms with Gasteiger partial charge in [-0.1, -0.05) is 12.1 Å². The molecular formula is C12H14N2O2. The van der Waals surface area contributed by atoms with Crippen LogP contribution in [0.25, 0.3) is 10.9 Å². The summed E-state index contributed by atoms with van der Waals surface area (Å²) in [7, 11) is 1.76. The fourth-order valence-corrected chi connectivity index (χ4v) is 1.85. The SMILES string of the molecule is CCOC(=O)c1c2c(C)cccc2nn1C. The summed E-state index contributed by atoms with van der Waals surface area (Å²) in [6, 6.07) is 5.79. The highest BCUT2D eigenvalue weighted by Crippen LogP contribution is 2.22. The molecule has 0 N–H and O–H groups in total. The van der Waals surface area contributed by atoms with Gasteiger partial charge >= 0.3 is 5.97 Å². The molecule has 2 rings (SSSR count). The maximum Gasteiger partial charge on any atom is 0.357 e. The summed E-state index contributed by atoms with van der Waals surface area (Å²) < 4.78 is 6.61. The third kappa shape index (κ3) is 1.56. The van der Waals surface area contributed by atoms with Gasteiger partial charge in [-0.25, -0.2) is 4.79 Å². The number of aryl methyl sites for hydroxylation is 2. The van der Waals surface area contributed by atoms with Gasteiger partial charge in [-0.3, -0.25) is 4.68 Å². The average Bonchev–Trinajstić information content (AvgIpc) is 2.56. The Morgan fingerprint density at radius 3 is 2.94 bits per heavy atom. The van der Waals surface area contributed by atoms with E-state index in [-0.39, 0.29) is 5.97 Å². The maximum absolute atomic E-state index is 11.8. The number of esters is 1. The lowest BCUT2D eigenvalue weighted by Crippen LogP contribution is -2.11. The number of benzene rings is 1. The van der Waals surface area contributed by atoms with Crippen LogP contribution in [0.15, 0.2) is 18.2 Å². The molecule has 0 atom stereocenters. The Morgan fingerprint density at radius 1 is 1.50 bits per heavy atom. The minimum absolute atomic E-state index is 0.318. The first-order chi connectivity index (χ1) is 7.65. The summed E-state index contributed by atoms with van der Waals surface area (Å²) in [4.78, 5) is 11.8. The van der Waals surface area contributed by atoms with Crippen LogP contribution in [-0.4, -0.2) is 22.4 Å². The van der Waals surface area contributed by atoms with Gasteiger partial charge in [0.25, 0.3) is 0 Å². The van der Waals surface area contributed by atoms with Crippen molar-refractivity contribution in [3.05, 3.63) is 29.5 Å². The van der Waals surface area contributed by atoms with Gasteiger partial charge in [0.2, 0.25) is 0 Å². The third-order valence-corrected chi connectivity index (χ3v) is 2.54. The van der Waals surface area contributed by atoms with Crippen molar-refractivity contribution >= 4 is 16.9 Å². The molecule has 4 heteroatoms. The number of carbonyl (C=O) groups excluding carboxylic acids is 1. The predicted octanol–water partition coefficient (Wildman–Crippen LogP) is 2.06. The molecule has 0 amide bonds. The first kappa shape index (κ1) is 10.7. The van der Waals surface area contributed by atoms with Crippen LogP contribution in [-0.2, 0) is 11.8 Å². The quantitative estimate of drug-likeness (QED) is 0.725. The van der Waals surface area contributed by atoms with Crippen molar-refractivity contribution < 1.29 is 9.53 Å². The monoisotopic (exact) mass is 218 g/mol. The molecular weight excluding hydrogens is 204 g/mol. The Morgan fingerprint density at radius 2 is 2.25 bits per heavy atom. The van der Waals surface area contributed by atoms with Crippen LogP contribution >= 0.6 is 0 Å². The Balaban J connectivity index is 2.68. The van der Waals surface area contributed by atoms with E-state index in [1.54, 1.807) is 18.7 Å². The second-order valence-electron chi connectivity index (χ2n) is 3.66. The number of hydrogen-bond acceptors (Lipinski definition) is 3. The third-order valence-electron chi connectivity index (χ3n) is 2.54. The Kier molecular flexibility index (Phi) is 2.64. The van der Waals surface area contributed by atoms with Crippen molar-refractivity contribution in [2.45, 2.75) is 13.8 Å². The second kappa shape index (κ2) is 3.96. The first-order valence-electron chi connectivity index (χ1n) is 5.24. The molecule has 0 radical (unpaired) electrons. The average molecular weight is 218 g/mol. The van der Waals surface area contributed by atoms with Gasteiger partial charge in [0.1, 0.15) is 0 Å². The summed E-state index contributed by atoms with van der Waals surface area (Å²) in [5.41, 5.74) is 2.38. The highest BCUT2D eigenvalue weighted by atomic mass is 16.5. The molecule has 4 nitrogen and oxygen atoms in total. The summed E-state index contributed by atoms with van der Waals surface area (Å²) in [6.45, 7) is 4.13. The summed E-state index contributed by atoms with van der Waals surface area (Å²) >= 11 is 0. The Bertz CT molecular complexity index is 543. The van der Waals surface area contributed by atoms with Crippen LogP contribution in [0.4, 0.5) is 0 Å². The molecule has 0 spiro atoms. The van der Waals surface area contributed by atoms with Gasteiger partial charge < -0.3 is 4.74 Å². The van der Waals surface area contributed by atoms with Crippen LogP contribution in [0, 0.1) is 6.92 Å². The van der Waals surface area contributed by atoms with Crippen molar-refractivity contribution in [1.82, 2.24) is 9.78 Å². The number of nitrogens with zero attached hydrogens (tertiary/aromatic N) is 2. The van der Waals surface area contributed by atoms with Gasteiger partial charge in [0, 0.05) is 12.4 Å². The van der Waals surface area contributed by atoms with Gasteiger partial charge in [-0.05, 0) is 25.5 Å². The van der Waals surface area contributed by atoms with Crippen LogP contribution < -0.4 is 0 Å². The van der Waals surface area contributed by atoms with E-state index >= 15 is 0 Å². The lowest BCUT2D eigenvalue weighted by atomic mass is 10.1. The second-order valence-corrected chi connectivity index (χ2v) is 3.66. The molecule has 0 aliphatic rings. The van der Waals surface area contributed by atoms with Crippen molar-refractivity contribution in [3.63, 3.8) is 0 Å². The maximum atomic E-state index is 11.8. The summed E-state index contributed by atoms with van der Waals surface area (Å²) in [6.07, 6.45) is 0. The Hall–Kier alpha value is -1.84. The molecule has 0 aliphatic heterocycles. The van der Waals surface area contributed by atoms with E-state index in [2.05, 4.69) is 5.10 Å². The van der Waals surface area contributed by atoms with E-state index in [1.165, 1.54) is 0 Å². The van der Waals surface area contributed by atoms with E-state index in [1.807, 2.05) is 25.1 Å². The zero-order valence-corrected chi connectivity index (χ0v) is 9.65. The molecule has 1 aromatic heterocycles. The molecule has 0 unspecified atom stereocenters. The highest BCUT2D eigenvalue weighted by molar-refractivity contribution is 6.03. The number of carbonyl (C=O) groups is 1. The Labute approximate surface area is 93.8 Å². The van der Waals surface area contributed by atoms with E-state index in [4.69, 9.17) is 4.74 Å². The molecule has 0 saturated carbocycles. The number of ether oxygens (including phenoxy) is 1. The standard InChI is InChI=1S/C12H14N2O2/c1-4-16-12(15)11-10-8(2)6-5-7-9(10)13-14(11)3/h5-7H,4H2,1-3H3. The van der Waals surface area contributed by atoms with Gasteiger partial charge in [0.05, 0.1) is 12.1 Å². The van der Waals surface area contributed by atoms with Gasteiger partial charge in [0.15, 0.2) is 5.69 Å². The fraction of sp³-hybridized carbons (Fsp3) is 0.333. The normalized spacial score (nSPS) is 10.7. The summed E-state index contributed by atoms with van der Waals surface area (Å²) in [5, 5.41) is 5.17. The molecule has 2 aromatic rings. The van der Waals surface area contributed by atoms with Gasteiger partial charge in [-0.15, -0.1) is 0 Å². The minimum Gasteiger partial charge on any atom is -0.461 e. The zero-order chi connectivity index (χ0) is 11.7. The van der Waals surface area contributed by atoms with E-state index in [0.29, 0.717) is 12.3 Å². The number of aromatic nitrogens is 2. The molecule has 0 bridgehead atoms. The molecule has 0 aliphatic carbocycles. The van der Waals surface area contributed by atoms with E-state index < -0.39 is 0 Å². The van der Waals surface area contributed by atoms with Crippen molar-refractivity contribution in [1.29, 1.82) is 0 Å². The molecule has 1 heterocycles. The van der Waals surface area contributed by atoms with Gasteiger partial charge in [-0.2, -0.15) is 5.10 Å². The lowest BCUT2D eigenvalue weighted by Gasteiger charge is -2.03. The fourth-order valence-electron chi connectivity index (χ4n) is 1.85. The van der Waals surface area contributed by atoms with Crippen LogP contribution in [0.5, 0.6) is 0 Å². The number of rotatable bonds is 2. The number of fused-ring (bicyclic) bond motifs is 1. The van der Waals surface area contributed by atoms with Crippen molar-refractivity contribution in [3.8, 4) is 0 Å². The van der Waals surface area contributed by atoms with E-state index in [0.717, 1.165) is 16.5 Å². The van der Waals surface area contributed by atoms with E-state index in [9.17, 15) is 4.79 Å². The first-order valence-corrected chi connectivity index (χ1v) is 5.24. The zero-order valence-electron chi connectivity index (χ0n) is 9.65. The van der Waals surface area contributed by atoms with Crippen molar-refractivity contribution in [2.24, 2.45) is 7.05 Å². The summed E-state index contributed by atoms with van der Waals surface area (Å²) in [5.74, 6) is -0.318. The largest absolute Gasteiger partial charge is 0.461 e. The predicted molar refractivity (Wildman–Crippen MR) is 61.4 cm³/mol. The van der Waals surface area contributed by atoms with Crippen LogP contribution in [0.1, 0.15) is 23.0 Å². The molecule has 84 valence electrons. The smallest absolute Gasteiger partial charge is 0.357 e. The molecule has 1 aromatic carbocycles. The van der Waals surface area contributed by atoms with Crippen LogP contribution in [0.3, 0.4) is 0 Å². The molecule has 0 fully saturated rings. The molecule has 0 saturated heterocycles. The lowest BCUT2D eigenvalue weighted by molar-refractivity contribution is 0.0516. The minimum atomic E-state index is -0.318. The van der Waals surface area contributed by atoms with Crippen molar-refractivity contribution in [2.75, 3.05) is 6.61 Å². The van der Waals surface area contributed by atoms with Crippen LogP contribution in [0.2, 0.25) is 0 Å². The number of hydrogen-bond donors (Lipinski definition) is 0. The molecule has 16 heavy (non-hydrogen) atoms. The topological polar surface area (TPSA) is 44.1 Å². The highest BCUT2D eigenvalue weighted by Gasteiger charge is 2.18.